The van der Waals surface area contributed by atoms with Gasteiger partial charge in [-0.3, -0.25) is 14.2 Å². The second-order valence-corrected chi connectivity index (χ2v) is 8.57. The third kappa shape index (κ3) is 3.94. The van der Waals surface area contributed by atoms with Gasteiger partial charge in [0.25, 0.3) is 11.8 Å². The average molecular weight is 397 g/mol. The molecule has 1 fully saturated rings. The topological polar surface area (TPSA) is 94.9 Å². The number of rotatable bonds is 3. The fourth-order valence-electron chi connectivity index (χ4n) is 3.60. The highest BCUT2D eigenvalue weighted by Gasteiger charge is 2.32. The Balaban J connectivity index is 1.62. The maximum atomic E-state index is 13.3. The van der Waals surface area contributed by atoms with Gasteiger partial charge < -0.3 is 9.42 Å². The SMILES string of the molecule is Cn1cc(-c2nc(C3CCCCCN3C(=O)c3cnn(C(C)(C)C)c3)no2)cn1. The van der Waals surface area contributed by atoms with E-state index in [1.165, 1.54) is 0 Å². The smallest absolute Gasteiger partial charge is 0.261 e. The number of hydrogen-bond donors (Lipinski definition) is 0. The Hall–Kier alpha value is -2.97. The zero-order valence-corrected chi connectivity index (χ0v) is 17.4. The predicted octanol–water partition coefficient (Wildman–Crippen LogP) is 3.18. The highest BCUT2D eigenvalue weighted by Crippen LogP contribution is 2.31. The summed E-state index contributed by atoms with van der Waals surface area (Å²) in [6, 6.07) is -0.211. The number of aromatic nitrogens is 6. The molecule has 0 N–H and O–H groups in total. The third-order valence-electron chi connectivity index (χ3n) is 5.22. The summed E-state index contributed by atoms with van der Waals surface area (Å²) in [7, 11) is 1.84. The Kier molecular flexibility index (Phi) is 4.97. The quantitative estimate of drug-likeness (QED) is 0.674. The minimum absolute atomic E-state index is 0.0415. The highest BCUT2D eigenvalue weighted by atomic mass is 16.5. The molecule has 29 heavy (non-hydrogen) atoms. The minimum Gasteiger partial charge on any atom is -0.334 e. The van der Waals surface area contributed by atoms with E-state index < -0.39 is 0 Å². The number of nitrogens with zero attached hydrogens (tertiary/aromatic N) is 7. The fraction of sp³-hybridized carbons (Fsp3) is 0.550. The summed E-state index contributed by atoms with van der Waals surface area (Å²) in [6.45, 7) is 6.84. The molecule has 154 valence electrons. The monoisotopic (exact) mass is 397 g/mol. The van der Waals surface area contributed by atoms with Gasteiger partial charge in [0.2, 0.25) is 0 Å². The van der Waals surface area contributed by atoms with Crippen LogP contribution in [-0.4, -0.2) is 47.1 Å². The number of likely N-dealkylation sites (tertiary alicyclic amines) is 1. The van der Waals surface area contributed by atoms with E-state index in [0.29, 0.717) is 23.8 Å². The first-order valence-electron chi connectivity index (χ1n) is 10.0. The van der Waals surface area contributed by atoms with E-state index in [2.05, 4.69) is 41.1 Å². The van der Waals surface area contributed by atoms with Crippen LogP contribution in [0.5, 0.6) is 0 Å². The maximum absolute atomic E-state index is 13.3. The van der Waals surface area contributed by atoms with Crippen LogP contribution < -0.4 is 0 Å². The first kappa shape index (κ1) is 19.4. The molecule has 1 saturated heterocycles. The average Bonchev–Trinajstić information content (AvgIpc) is 3.39. The highest BCUT2D eigenvalue weighted by molar-refractivity contribution is 5.94. The van der Waals surface area contributed by atoms with Crippen LogP contribution in [0.15, 0.2) is 29.3 Å². The van der Waals surface area contributed by atoms with Gasteiger partial charge >= 0.3 is 0 Å². The Labute approximate surface area is 169 Å². The van der Waals surface area contributed by atoms with E-state index in [9.17, 15) is 4.79 Å². The van der Waals surface area contributed by atoms with E-state index in [0.717, 1.165) is 31.2 Å². The summed E-state index contributed by atoms with van der Waals surface area (Å²) in [4.78, 5) is 19.8. The van der Waals surface area contributed by atoms with Gasteiger partial charge in [-0.2, -0.15) is 15.2 Å². The van der Waals surface area contributed by atoms with Crippen molar-refractivity contribution in [1.82, 2.24) is 34.6 Å². The molecule has 3 aromatic rings. The lowest BCUT2D eigenvalue weighted by atomic mass is 10.1. The van der Waals surface area contributed by atoms with E-state index in [-0.39, 0.29) is 17.5 Å². The number of aryl methyl sites for hydroxylation is 1. The molecule has 3 aromatic heterocycles. The van der Waals surface area contributed by atoms with Gasteiger partial charge in [-0.25, -0.2) is 0 Å². The molecule has 4 heterocycles. The summed E-state index contributed by atoms with van der Waals surface area (Å²) in [5.74, 6) is 0.924. The lowest BCUT2D eigenvalue weighted by molar-refractivity contribution is 0.0670. The van der Waals surface area contributed by atoms with Gasteiger partial charge in [0, 0.05) is 26.0 Å². The normalized spacial score (nSPS) is 18.1. The van der Waals surface area contributed by atoms with Crippen LogP contribution in [-0.2, 0) is 12.6 Å². The van der Waals surface area contributed by atoms with E-state index in [1.807, 2.05) is 29.0 Å². The summed E-state index contributed by atoms with van der Waals surface area (Å²) in [5.41, 5.74) is 1.18. The number of hydrogen-bond acceptors (Lipinski definition) is 6. The number of carbonyl (C=O) groups is 1. The van der Waals surface area contributed by atoms with E-state index in [4.69, 9.17) is 4.52 Å². The molecule has 4 rings (SSSR count). The summed E-state index contributed by atoms with van der Waals surface area (Å²) < 4.78 is 8.98. The molecular formula is C20H27N7O2. The van der Waals surface area contributed by atoms with Gasteiger partial charge in [-0.05, 0) is 33.6 Å². The van der Waals surface area contributed by atoms with Gasteiger partial charge in [-0.1, -0.05) is 18.0 Å². The molecule has 1 aliphatic heterocycles. The maximum Gasteiger partial charge on any atom is 0.261 e. The van der Waals surface area contributed by atoms with Crippen LogP contribution in [0.3, 0.4) is 0 Å². The Morgan fingerprint density at radius 1 is 1.14 bits per heavy atom. The lowest BCUT2D eigenvalue weighted by Crippen LogP contribution is -2.35. The van der Waals surface area contributed by atoms with Gasteiger partial charge in [-0.15, -0.1) is 0 Å². The van der Waals surface area contributed by atoms with Crippen LogP contribution in [0.4, 0.5) is 0 Å². The molecule has 0 aliphatic carbocycles. The predicted molar refractivity (Wildman–Crippen MR) is 106 cm³/mol. The number of amides is 1. The second-order valence-electron chi connectivity index (χ2n) is 8.57. The fourth-order valence-corrected chi connectivity index (χ4v) is 3.60. The third-order valence-corrected chi connectivity index (χ3v) is 5.22. The molecule has 0 spiro atoms. The van der Waals surface area contributed by atoms with Gasteiger partial charge in [0.1, 0.15) is 0 Å². The summed E-state index contributed by atoms with van der Waals surface area (Å²) >= 11 is 0. The summed E-state index contributed by atoms with van der Waals surface area (Å²) in [5, 5.41) is 12.7. The van der Waals surface area contributed by atoms with Crippen molar-refractivity contribution in [3.63, 3.8) is 0 Å². The molecule has 0 saturated carbocycles. The van der Waals surface area contributed by atoms with Crippen LogP contribution in [0, 0.1) is 0 Å². The van der Waals surface area contributed by atoms with Crippen molar-refractivity contribution in [1.29, 1.82) is 0 Å². The standard InChI is InChI=1S/C20H27N7O2/c1-20(2,3)27-13-15(11-22-27)19(28)26-9-7-5-6-8-16(26)17-23-18(29-24-17)14-10-21-25(4)12-14/h10-13,16H,5-9H2,1-4H3. The van der Waals surface area contributed by atoms with Crippen LogP contribution in [0.2, 0.25) is 0 Å². The Morgan fingerprint density at radius 3 is 2.66 bits per heavy atom. The van der Waals surface area contributed by atoms with Crippen molar-refractivity contribution in [2.45, 2.75) is 58.0 Å². The minimum atomic E-state index is -0.211. The molecule has 0 aromatic carbocycles. The van der Waals surface area contributed by atoms with Crippen molar-refractivity contribution >= 4 is 5.91 Å². The van der Waals surface area contributed by atoms with Crippen molar-refractivity contribution in [3.05, 3.63) is 36.2 Å². The van der Waals surface area contributed by atoms with Crippen molar-refractivity contribution in [2.24, 2.45) is 7.05 Å². The van der Waals surface area contributed by atoms with Crippen LogP contribution in [0.1, 0.15) is 68.7 Å². The molecule has 9 nitrogen and oxygen atoms in total. The molecule has 1 atom stereocenters. The second kappa shape index (κ2) is 7.46. The van der Waals surface area contributed by atoms with Crippen molar-refractivity contribution in [2.75, 3.05) is 6.54 Å². The molecule has 1 aliphatic rings. The van der Waals surface area contributed by atoms with Crippen LogP contribution in [0.25, 0.3) is 11.5 Å². The molecule has 0 bridgehead atoms. The first-order chi connectivity index (χ1) is 13.8. The van der Waals surface area contributed by atoms with Gasteiger partial charge in [0.05, 0.1) is 35.1 Å². The van der Waals surface area contributed by atoms with Gasteiger partial charge in [0.15, 0.2) is 5.82 Å². The first-order valence-corrected chi connectivity index (χ1v) is 10.0. The van der Waals surface area contributed by atoms with E-state index in [1.54, 1.807) is 17.1 Å². The van der Waals surface area contributed by atoms with Crippen LogP contribution >= 0.6 is 0 Å². The molecule has 1 unspecified atom stereocenters. The Bertz CT molecular complexity index is 995. The molecule has 1 amide bonds. The number of carbonyl (C=O) groups excluding carboxylic acids is 1. The zero-order chi connectivity index (χ0) is 20.6. The Morgan fingerprint density at radius 2 is 1.97 bits per heavy atom. The summed E-state index contributed by atoms with van der Waals surface area (Å²) in [6.07, 6.45) is 10.9. The zero-order valence-electron chi connectivity index (χ0n) is 17.4. The van der Waals surface area contributed by atoms with E-state index >= 15 is 0 Å². The molecule has 9 heteroatoms. The largest absolute Gasteiger partial charge is 0.334 e. The molecular weight excluding hydrogens is 370 g/mol. The van der Waals surface area contributed by atoms with Crippen molar-refractivity contribution in [3.8, 4) is 11.5 Å². The molecule has 0 radical (unpaired) electrons. The van der Waals surface area contributed by atoms with Crippen molar-refractivity contribution < 1.29 is 9.32 Å². The lowest BCUT2D eigenvalue weighted by Gasteiger charge is -2.27.